The molecular weight excluding hydrogens is 304 g/mol. The molecule has 0 radical (unpaired) electrons. The van der Waals surface area contributed by atoms with Gasteiger partial charge in [-0.05, 0) is 49.2 Å². The van der Waals surface area contributed by atoms with Gasteiger partial charge in [0.1, 0.15) is 4.21 Å². The first-order chi connectivity index (χ1) is 10.1. The second kappa shape index (κ2) is 7.72. The Hall–Kier alpha value is -0.430. The van der Waals surface area contributed by atoms with Crippen LogP contribution in [0.25, 0.3) is 0 Å². The van der Waals surface area contributed by atoms with Crippen molar-refractivity contribution in [3.8, 4) is 0 Å². The fourth-order valence-electron chi connectivity index (χ4n) is 2.80. The Balaban J connectivity index is 2.11. The maximum absolute atomic E-state index is 12.8. The van der Waals surface area contributed by atoms with Crippen molar-refractivity contribution in [3.63, 3.8) is 0 Å². The molecule has 1 unspecified atom stereocenters. The molecular formula is C15H26N2O2S2. The average molecular weight is 331 g/mol. The van der Waals surface area contributed by atoms with Gasteiger partial charge < -0.3 is 5.32 Å². The van der Waals surface area contributed by atoms with Crippen LogP contribution < -0.4 is 5.32 Å². The summed E-state index contributed by atoms with van der Waals surface area (Å²) in [6.45, 7) is 6.58. The molecule has 0 saturated carbocycles. The number of nitrogens with one attached hydrogen (secondary N) is 1. The van der Waals surface area contributed by atoms with Crippen LogP contribution in [0.1, 0.15) is 51.5 Å². The highest BCUT2D eigenvalue weighted by Crippen LogP contribution is 2.30. The number of thiophene rings is 1. The SMILES string of the molecule is CCCNCc1csc(S(=O)(=O)N2CCCCC2CC)c1. The van der Waals surface area contributed by atoms with Gasteiger partial charge in [0, 0.05) is 19.1 Å². The fraction of sp³-hybridized carbons (Fsp3) is 0.733. The highest BCUT2D eigenvalue weighted by Gasteiger charge is 2.33. The molecule has 120 valence electrons. The Kier molecular flexibility index (Phi) is 6.22. The Morgan fingerprint density at radius 3 is 2.90 bits per heavy atom. The third kappa shape index (κ3) is 4.06. The van der Waals surface area contributed by atoms with Gasteiger partial charge >= 0.3 is 0 Å². The van der Waals surface area contributed by atoms with Gasteiger partial charge in [0.15, 0.2) is 0 Å². The molecule has 6 heteroatoms. The van der Waals surface area contributed by atoms with E-state index in [9.17, 15) is 8.42 Å². The van der Waals surface area contributed by atoms with E-state index in [-0.39, 0.29) is 6.04 Å². The summed E-state index contributed by atoms with van der Waals surface area (Å²) in [5.41, 5.74) is 1.07. The monoisotopic (exact) mass is 330 g/mol. The van der Waals surface area contributed by atoms with Crippen LogP contribution >= 0.6 is 11.3 Å². The molecule has 1 N–H and O–H groups in total. The number of sulfonamides is 1. The molecule has 0 spiro atoms. The van der Waals surface area contributed by atoms with Gasteiger partial charge in [-0.3, -0.25) is 0 Å². The van der Waals surface area contributed by atoms with E-state index in [1.54, 1.807) is 4.31 Å². The Labute approximate surface area is 132 Å². The van der Waals surface area contributed by atoms with Crippen molar-refractivity contribution < 1.29 is 8.42 Å². The van der Waals surface area contributed by atoms with Crippen molar-refractivity contribution in [1.29, 1.82) is 0 Å². The van der Waals surface area contributed by atoms with Crippen LogP contribution in [0.15, 0.2) is 15.7 Å². The van der Waals surface area contributed by atoms with Gasteiger partial charge in [0.05, 0.1) is 0 Å². The third-order valence-corrected chi connectivity index (χ3v) is 7.41. The first-order valence-electron chi connectivity index (χ1n) is 7.89. The first-order valence-corrected chi connectivity index (χ1v) is 10.2. The molecule has 1 saturated heterocycles. The highest BCUT2D eigenvalue weighted by molar-refractivity contribution is 7.91. The van der Waals surface area contributed by atoms with E-state index in [1.165, 1.54) is 11.3 Å². The zero-order chi connectivity index (χ0) is 15.3. The van der Waals surface area contributed by atoms with Crippen molar-refractivity contribution in [3.05, 3.63) is 17.0 Å². The molecule has 1 aliphatic heterocycles. The van der Waals surface area contributed by atoms with E-state index in [0.29, 0.717) is 10.8 Å². The molecule has 1 aromatic rings. The molecule has 21 heavy (non-hydrogen) atoms. The molecule has 0 aliphatic carbocycles. The normalized spacial score (nSPS) is 20.8. The van der Waals surface area contributed by atoms with Crippen molar-refractivity contribution in [2.45, 2.75) is 62.7 Å². The number of nitrogens with zero attached hydrogens (tertiary/aromatic N) is 1. The van der Waals surface area contributed by atoms with Crippen molar-refractivity contribution in [2.24, 2.45) is 0 Å². The van der Waals surface area contributed by atoms with Crippen LogP contribution in [-0.4, -0.2) is 31.9 Å². The predicted molar refractivity (Wildman–Crippen MR) is 88.1 cm³/mol. The maximum Gasteiger partial charge on any atom is 0.252 e. The first kappa shape index (κ1) is 16.9. The second-order valence-corrected chi connectivity index (χ2v) is 8.65. The van der Waals surface area contributed by atoms with Gasteiger partial charge in [0.2, 0.25) is 0 Å². The van der Waals surface area contributed by atoms with Crippen LogP contribution in [0.4, 0.5) is 0 Å². The second-order valence-electron chi connectivity index (χ2n) is 5.62. The summed E-state index contributed by atoms with van der Waals surface area (Å²) in [4.78, 5) is 0. The largest absolute Gasteiger partial charge is 0.313 e. The van der Waals surface area contributed by atoms with Gasteiger partial charge in [-0.1, -0.05) is 20.3 Å². The summed E-state index contributed by atoms with van der Waals surface area (Å²) in [5, 5.41) is 5.27. The molecule has 1 atom stereocenters. The molecule has 0 bridgehead atoms. The average Bonchev–Trinajstić information content (AvgIpc) is 2.97. The van der Waals surface area contributed by atoms with Crippen LogP contribution in [0.2, 0.25) is 0 Å². The van der Waals surface area contributed by atoms with E-state index in [2.05, 4.69) is 19.2 Å². The Morgan fingerprint density at radius 1 is 1.38 bits per heavy atom. The number of hydrogen-bond acceptors (Lipinski definition) is 4. The Bertz CT molecular complexity index is 540. The number of piperidine rings is 1. The van der Waals surface area contributed by atoms with Crippen molar-refractivity contribution in [2.75, 3.05) is 13.1 Å². The standard InChI is InChI=1S/C15H26N2O2S2/c1-3-8-16-11-13-10-15(20-12-13)21(18,19)17-9-6-5-7-14(17)4-2/h10,12,14,16H,3-9,11H2,1-2H3. The molecule has 0 aromatic carbocycles. The minimum Gasteiger partial charge on any atom is -0.313 e. The molecule has 1 fully saturated rings. The zero-order valence-corrected chi connectivity index (χ0v) is 14.6. The lowest BCUT2D eigenvalue weighted by molar-refractivity contribution is 0.247. The van der Waals surface area contributed by atoms with Crippen LogP contribution in [0, 0.1) is 0 Å². The van der Waals surface area contributed by atoms with Gasteiger partial charge in [-0.25, -0.2) is 8.42 Å². The van der Waals surface area contributed by atoms with Gasteiger partial charge in [-0.15, -0.1) is 11.3 Å². The van der Waals surface area contributed by atoms with Gasteiger partial charge in [-0.2, -0.15) is 4.31 Å². The number of rotatable bonds is 7. The maximum atomic E-state index is 12.8. The minimum absolute atomic E-state index is 0.174. The molecule has 1 aromatic heterocycles. The molecule has 4 nitrogen and oxygen atoms in total. The fourth-order valence-corrected chi connectivity index (χ4v) is 5.91. The van der Waals surface area contributed by atoms with E-state index in [4.69, 9.17) is 0 Å². The summed E-state index contributed by atoms with van der Waals surface area (Å²) in [7, 11) is -3.31. The summed E-state index contributed by atoms with van der Waals surface area (Å²) < 4.78 is 27.9. The van der Waals surface area contributed by atoms with E-state index in [0.717, 1.165) is 50.8 Å². The van der Waals surface area contributed by atoms with E-state index < -0.39 is 10.0 Å². The topological polar surface area (TPSA) is 49.4 Å². The smallest absolute Gasteiger partial charge is 0.252 e. The lowest BCUT2D eigenvalue weighted by Crippen LogP contribution is -2.42. The molecule has 0 amide bonds. The molecule has 2 rings (SSSR count). The van der Waals surface area contributed by atoms with Crippen LogP contribution in [0.5, 0.6) is 0 Å². The Morgan fingerprint density at radius 2 is 2.19 bits per heavy atom. The summed E-state index contributed by atoms with van der Waals surface area (Å²) in [6, 6.07) is 2.01. The minimum atomic E-state index is -3.31. The molecule has 2 heterocycles. The van der Waals surface area contributed by atoms with E-state index >= 15 is 0 Å². The quantitative estimate of drug-likeness (QED) is 0.781. The molecule has 1 aliphatic rings. The summed E-state index contributed by atoms with van der Waals surface area (Å²) in [5.74, 6) is 0. The van der Waals surface area contributed by atoms with Crippen molar-refractivity contribution >= 4 is 21.4 Å². The zero-order valence-electron chi connectivity index (χ0n) is 13.0. The van der Waals surface area contributed by atoms with Crippen LogP contribution in [0.3, 0.4) is 0 Å². The third-order valence-electron chi connectivity index (χ3n) is 3.99. The number of hydrogen-bond donors (Lipinski definition) is 1. The van der Waals surface area contributed by atoms with Gasteiger partial charge in [0.25, 0.3) is 10.0 Å². The van der Waals surface area contributed by atoms with Crippen LogP contribution in [-0.2, 0) is 16.6 Å². The van der Waals surface area contributed by atoms with Crippen molar-refractivity contribution in [1.82, 2.24) is 9.62 Å². The lowest BCUT2D eigenvalue weighted by atomic mass is 10.0. The highest BCUT2D eigenvalue weighted by atomic mass is 32.2. The van der Waals surface area contributed by atoms with E-state index in [1.807, 2.05) is 11.4 Å². The lowest BCUT2D eigenvalue weighted by Gasteiger charge is -2.33. The summed E-state index contributed by atoms with van der Waals surface area (Å²) in [6.07, 6.45) is 5.09. The predicted octanol–water partition coefficient (Wildman–Crippen LogP) is 3.20. The summed E-state index contributed by atoms with van der Waals surface area (Å²) >= 11 is 1.35.